The van der Waals surface area contributed by atoms with E-state index in [-0.39, 0.29) is 35.5 Å². The van der Waals surface area contributed by atoms with Gasteiger partial charge in [-0.05, 0) is 12.1 Å². The summed E-state index contributed by atoms with van der Waals surface area (Å²) in [6.45, 7) is 1.07. The number of hydrogen-bond acceptors (Lipinski definition) is 4. The minimum atomic E-state index is -0.357. The third-order valence-electron chi connectivity index (χ3n) is 4.15. The predicted molar refractivity (Wildman–Crippen MR) is 90.7 cm³/mol. The number of carbonyl (C=O) groups excluding carboxylic acids is 2. The molecule has 1 saturated heterocycles. The number of nitrogens with one attached hydrogen (secondary N) is 2. The molecule has 3 rings (SSSR count). The molecule has 2 N–H and O–H groups in total. The van der Waals surface area contributed by atoms with E-state index in [1.165, 1.54) is 10.7 Å². The van der Waals surface area contributed by atoms with Gasteiger partial charge in [0, 0.05) is 26.1 Å². The first-order valence-corrected chi connectivity index (χ1v) is 8.07. The van der Waals surface area contributed by atoms with Crippen LogP contribution in [0.25, 0.3) is 5.69 Å². The van der Waals surface area contributed by atoms with Gasteiger partial charge in [-0.1, -0.05) is 18.2 Å². The van der Waals surface area contributed by atoms with E-state index in [2.05, 4.69) is 10.4 Å². The smallest absolute Gasteiger partial charge is 0.272 e. The molecule has 1 atom stereocenters. The summed E-state index contributed by atoms with van der Waals surface area (Å²) in [5.41, 5.74) is 0.527. The Morgan fingerprint density at radius 1 is 1.32 bits per heavy atom. The SMILES string of the molecule is CNC(=O)C[C@@H]1COCCN1C(=O)c1cc(=O)n(-c2ccccc2)[nH]1. The molecule has 0 aliphatic carbocycles. The van der Waals surface area contributed by atoms with Crippen molar-refractivity contribution in [3.05, 3.63) is 52.4 Å². The molecule has 1 fully saturated rings. The van der Waals surface area contributed by atoms with Crippen LogP contribution in [0.3, 0.4) is 0 Å². The number of hydrogen-bond donors (Lipinski definition) is 2. The minimum absolute atomic E-state index is 0.159. The van der Waals surface area contributed by atoms with Gasteiger partial charge >= 0.3 is 0 Å². The lowest BCUT2D eigenvalue weighted by Gasteiger charge is -2.34. The summed E-state index contributed by atoms with van der Waals surface area (Å²) in [5, 5.41) is 5.41. The quantitative estimate of drug-likeness (QED) is 0.825. The summed E-state index contributed by atoms with van der Waals surface area (Å²) in [7, 11) is 1.55. The van der Waals surface area contributed by atoms with Crippen molar-refractivity contribution in [3.63, 3.8) is 0 Å². The van der Waals surface area contributed by atoms with Gasteiger partial charge < -0.3 is 15.0 Å². The third-order valence-corrected chi connectivity index (χ3v) is 4.15. The molecule has 1 aromatic carbocycles. The lowest BCUT2D eigenvalue weighted by atomic mass is 10.1. The van der Waals surface area contributed by atoms with Crippen molar-refractivity contribution in [2.45, 2.75) is 12.5 Å². The van der Waals surface area contributed by atoms with Crippen LogP contribution >= 0.6 is 0 Å². The topological polar surface area (TPSA) is 96.4 Å². The molecular weight excluding hydrogens is 324 g/mol. The maximum absolute atomic E-state index is 12.8. The number of carbonyl (C=O) groups is 2. The van der Waals surface area contributed by atoms with Crippen LogP contribution < -0.4 is 10.9 Å². The van der Waals surface area contributed by atoms with Crippen molar-refractivity contribution in [1.82, 2.24) is 20.0 Å². The molecule has 0 saturated carbocycles. The molecule has 2 heterocycles. The van der Waals surface area contributed by atoms with E-state index in [9.17, 15) is 14.4 Å². The molecule has 2 amide bonds. The number of ether oxygens (including phenoxy) is 1. The fourth-order valence-electron chi connectivity index (χ4n) is 2.84. The monoisotopic (exact) mass is 344 g/mol. The van der Waals surface area contributed by atoms with Crippen LogP contribution in [-0.2, 0) is 9.53 Å². The van der Waals surface area contributed by atoms with E-state index in [0.29, 0.717) is 25.4 Å². The maximum Gasteiger partial charge on any atom is 0.272 e. The second kappa shape index (κ2) is 7.35. The number of H-pyrrole nitrogens is 1. The number of nitrogens with zero attached hydrogens (tertiary/aromatic N) is 2. The van der Waals surface area contributed by atoms with Gasteiger partial charge in [0.05, 0.1) is 24.9 Å². The van der Waals surface area contributed by atoms with Gasteiger partial charge in [0.2, 0.25) is 5.91 Å². The second-order valence-electron chi connectivity index (χ2n) is 5.78. The van der Waals surface area contributed by atoms with E-state index in [1.807, 2.05) is 18.2 Å². The summed E-state index contributed by atoms with van der Waals surface area (Å²) in [5.74, 6) is -0.479. The number of aromatic nitrogens is 2. The van der Waals surface area contributed by atoms with E-state index < -0.39 is 0 Å². The number of amides is 2. The minimum Gasteiger partial charge on any atom is -0.377 e. The molecule has 1 aromatic heterocycles. The number of morpholine rings is 1. The molecule has 1 aliphatic heterocycles. The Bertz CT molecular complexity index is 812. The second-order valence-corrected chi connectivity index (χ2v) is 5.78. The summed E-state index contributed by atoms with van der Waals surface area (Å²) >= 11 is 0. The van der Waals surface area contributed by atoms with Gasteiger partial charge in [0.15, 0.2) is 0 Å². The normalized spacial score (nSPS) is 17.3. The van der Waals surface area contributed by atoms with Crippen LogP contribution in [0.1, 0.15) is 16.9 Å². The molecule has 1 aliphatic rings. The van der Waals surface area contributed by atoms with Gasteiger partial charge in [-0.3, -0.25) is 19.5 Å². The van der Waals surface area contributed by atoms with E-state index in [4.69, 9.17) is 4.74 Å². The standard InChI is InChI=1S/C17H20N4O4/c1-18-15(22)9-13-11-25-8-7-20(13)17(24)14-10-16(23)21(19-14)12-5-3-2-4-6-12/h2-6,10,13,19H,7-9,11H2,1H3,(H,18,22)/t13-/m1/s1. The molecular formula is C17H20N4O4. The Balaban J connectivity index is 1.84. The Kier molecular flexibility index (Phi) is 4.99. The lowest BCUT2D eigenvalue weighted by Crippen LogP contribution is -2.50. The van der Waals surface area contributed by atoms with Crippen LogP contribution in [0, 0.1) is 0 Å². The lowest BCUT2D eigenvalue weighted by molar-refractivity contribution is -0.123. The van der Waals surface area contributed by atoms with Crippen molar-refractivity contribution in [3.8, 4) is 5.69 Å². The molecule has 0 bridgehead atoms. The zero-order valence-electron chi connectivity index (χ0n) is 13.9. The molecule has 0 unspecified atom stereocenters. The average molecular weight is 344 g/mol. The average Bonchev–Trinajstić information content (AvgIpc) is 3.04. The van der Waals surface area contributed by atoms with E-state index >= 15 is 0 Å². The van der Waals surface area contributed by atoms with Gasteiger partial charge in [0.25, 0.3) is 11.5 Å². The van der Waals surface area contributed by atoms with Crippen molar-refractivity contribution >= 4 is 11.8 Å². The Morgan fingerprint density at radius 2 is 2.08 bits per heavy atom. The van der Waals surface area contributed by atoms with Crippen LogP contribution in [0.2, 0.25) is 0 Å². The summed E-state index contributed by atoms with van der Waals surface area (Å²) in [6.07, 6.45) is 0.159. The van der Waals surface area contributed by atoms with Gasteiger partial charge in [-0.25, -0.2) is 4.68 Å². The first kappa shape index (κ1) is 17.0. The first-order valence-electron chi connectivity index (χ1n) is 8.07. The molecule has 8 nitrogen and oxygen atoms in total. The summed E-state index contributed by atoms with van der Waals surface area (Å²) < 4.78 is 6.71. The van der Waals surface area contributed by atoms with Gasteiger partial charge in [-0.2, -0.15) is 0 Å². The van der Waals surface area contributed by atoms with Crippen molar-refractivity contribution in [1.29, 1.82) is 0 Å². The summed E-state index contributed by atoms with van der Waals surface area (Å²) in [4.78, 5) is 38.3. The molecule has 2 aromatic rings. The molecule has 0 spiro atoms. The Hall–Kier alpha value is -2.87. The fraction of sp³-hybridized carbons (Fsp3) is 0.353. The van der Waals surface area contributed by atoms with Crippen LogP contribution in [0.4, 0.5) is 0 Å². The van der Waals surface area contributed by atoms with Crippen molar-refractivity contribution in [2.24, 2.45) is 0 Å². The highest BCUT2D eigenvalue weighted by Gasteiger charge is 2.30. The zero-order valence-corrected chi connectivity index (χ0v) is 13.9. The van der Waals surface area contributed by atoms with Crippen LogP contribution in [-0.4, -0.2) is 59.3 Å². The fourth-order valence-corrected chi connectivity index (χ4v) is 2.84. The highest BCUT2D eigenvalue weighted by Crippen LogP contribution is 2.14. The molecule has 132 valence electrons. The van der Waals surface area contributed by atoms with E-state index in [1.54, 1.807) is 24.1 Å². The Labute approximate surface area is 144 Å². The highest BCUT2D eigenvalue weighted by atomic mass is 16.5. The molecule has 0 radical (unpaired) electrons. The number of rotatable bonds is 4. The van der Waals surface area contributed by atoms with Gasteiger partial charge in [0.1, 0.15) is 5.69 Å². The number of aromatic amines is 1. The number of benzene rings is 1. The van der Waals surface area contributed by atoms with Crippen LogP contribution in [0.15, 0.2) is 41.2 Å². The summed E-state index contributed by atoms with van der Waals surface area (Å²) in [6, 6.07) is 9.94. The largest absolute Gasteiger partial charge is 0.377 e. The molecule has 8 heteroatoms. The Morgan fingerprint density at radius 3 is 2.80 bits per heavy atom. The zero-order chi connectivity index (χ0) is 17.8. The third kappa shape index (κ3) is 3.63. The van der Waals surface area contributed by atoms with E-state index in [0.717, 1.165) is 0 Å². The molecule has 25 heavy (non-hydrogen) atoms. The highest BCUT2D eigenvalue weighted by molar-refractivity contribution is 5.93. The first-order chi connectivity index (χ1) is 12.1. The van der Waals surface area contributed by atoms with Crippen molar-refractivity contribution in [2.75, 3.05) is 26.8 Å². The predicted octanol–water partition coefficient (Wildman–Crippen LogP) is 0.143. The maximum atomic E-state index is 12.8. The van der Waals surface area contributed by atoms with Crippen LogP contribution in [0.5, 0.6) is 0 Å². The number of para-hydroxylation sites is 1. The van der Waals surface area contributed by atoms with Crippen molar-refractivity contribution < 1.29 is 14.3 Å². The van der Waals surface area contributed by atoms with Gasteiger partial charge in [-0.15, -0.1) is 0 Å².